The van der Waals surface area contributed by atoms with E-state index in [-0.39, 0.29) is 17.7 Å². The molecule has 1 aromatic rings. The molecule has 2 aliphatic rings. The fraction of sp³-hybridized carbons (Fsp3) is 0.750. The van der Waals surface area contributed by atoms with Crippen LogP contribution in [0.3, 0.4) is 0 Å². The van der Waals surface area contributed by atoms with E-state index in [1.165, 1.54) is 0 Å². The van der Waals surface area contributed by atoms with Crippen LogP contribution in [-0.2, 0) is 29.1 Å². The van der Waals surface area contributed by atoms with Crippen molar-refractivity contribution < 1.29 is 9.59 Å². The predicted octanol–water partition coefficient (Wildman–Crippen LogP) is 0.879. The first-order valence-electron chi connectivity index (χ1n) is 8.65. The van der Waals surface area contributed by atoms with Crippen LogP contribution in [0.2, 0.25) is 0 Å². The lowest BCUT2D eigenvalue weighted by atomic mass is 9.97. The maximum atomic E-state index is 12.4. The van der Waals surface area contributed by atoms with Gasteiger partial charge < -0.3 is 14.8 Å². The summed E-state index contributed by atoms with van der Waals surface area (Å²) in [6.45, 7) is 4.53. The molecule has 3 heterocycles. The van der Waals surface area contributed by atoms with Crippen molar-refractivity contribution >= 4 is 11.8 Å². The Morgan fingerprint density at radius 1 is 1.22 bits per heavy atom. The number of rotatable bonds is 4. The summed E-state index contributed by atoms with van der Waals surface area (Å²) in [6, 6.07) is 0. The molecule has 0 saturated carbocycles. The summed E-state index contributed by atoms with van der Waals surface area (Å²) in [7, 11) is 0. The third kappa shape index (κ3) is 3.54. The van der Waals surface area contributed by atoms with Crippen LogP contribution in [0.25, 0.3) is 0 Å². The minimum absolute atomic E-state index is 0.0202. The Labute approximate surface area is 136 Å². The Hall–Kier alpha value is -1.92. The molecule has 1 atom stereocenters. The van der Waals surface area contributed by atoms with Crippen LogP contribution in [0, 0.1) is 5.92 Å². The molecular formula is C16H25N5O2. The Balaban J connectivity index is 1.55. The third-order valence-electron chi connectivity index (χ3n) is 4.80. The number of hydrogen-bond donors (Lipinski definition) is 1. The van der Waals surface area contributed by atoms with Crippen molar-refractivity contribution in [3.8, 4) is 0 Å². The molecule has 0 spiro atoms. The second-order valence-corrected chi connectivity index (χ2v) is 6.39. The van der Waals surface area contributed by atoms with E-state index >= 15 is 0 Å². The molecular weight excluding hydrogens is 294 g/mol. The van der Waals surface area contributed by atoms with Gasteiger partial charge in [-0.2, -0.15) is 0 Å². The fourth-order valence-corrected chi connectivity index (χ4v) is 3.45. The zero-order chi connectivity index (χ0) is 16.2. The van der Waals surface area contributed by atoms with Gasteiger partial charge in [-0.3, -0.25) is 9.59 Å². The summed E-state index contributed by atoms with van der Waals surface area (Å²) < 4.78 is 2.12. The Kier molecular flexibility index (Phi) is 4.93. The number of hydrogen-bond acceptors (Lipinski definition) is 4. The quantitative estimate of drug-likeness (QED) is 0.893. The summed E-state index contributed by atoms with van der Waals surface area (Å²) in [4.78, 5) is 26.0. The monoisotopic (exact) mass is 319 g/mol. The highest BCUT2D eigenvalue weighted by Gasteiger charge is 2.28. The maximum absolute atomic E-state index is 12.4. The zero-order valence-electron chi connectivity index (χ0n) is 13.8. The van der Waals surface area contributed by atoms with E-state index in [0.29, 0.717) is 19.5 Å². The lowest BCUT2D eigenvalue weighted by Crippen LogP contribution is -2.45. The van der Waals surface area contributed by atoms with Gasteiger partial charge >= 0.3 is 0 Å². The highest BCUT2D eigenvalue weighted by molar-refractivity contribution is 5.81. The molecule has 2 amide bonds. The predicted molar refractivity (Wildman–Crippen MR) is 84.4 cm³/mol. The van der Waals surface area contributed by atoms with Gasteiger partial charge in [-0.15, -0.1) is 10.2 Å². The van der Waals surface area contributed by atoms with Crippen LogP contribution < -0.4 is 5.32 Å². The molecule has 1 aromatic heterocycles. The molecule has 0 aliphatic carbocycles. The van der Waals surface area contributed by atoms with Crippen molar-refractivity contribution in [1.29, 1.82) is 0 Å². The van der Waals surface area contributed by atoms with Crippen molar-refractivity contribution in [3.05, 3.63) is 11.6 Å². The minimum Gasteiger partial charge on any atom is -0.348 e. The van der Waals surface area contributed by atoms with Gasteiger partial charge in [0.1, 0.15) is 5.82 Å². The number of piperidine rings is 1. The molecule has 126 valence electrons. The van der Waals surface area contributed by atoms with Crippen LogP contribution >= 0.6 is 0 Å². The van der Waals surface area contributed by atoms with Crippen molar-refractivity contribution in [2.24, 2.45) is 5.92 Å². The van der Waals surface area contributed by atoms with E-state index in [1.54, 1.807) is 0 Å². The highest BCUT2D eigenvalue weighted by Crippen LogP contribution is 2.18. The standard InChI is InChI=1S/C16H25N5O2/c1-2-15(22)20-8-5-6-12(11-20)16(23)17-10-14-19-18-13-7-3-4-9-21(13)14/h12H,2-11H2,1H3,(H,17,23)/t12-/m0/s1. The molecule has 3 rings (SSSR count). The maximum Gasteiger partial charge on any atom is 0.225 e. The van der Waals surface area contributed by atoms with Crippen LogP contribution in [0.15, 0.2) is 0 Å². The molecule has 0 bridgehead atoms. The fourth-order valence-electron chi connectivity index (χ4n) is 3.45. The van der Waals surface area contributed by atoms with Crippen LogP contribution in [0.4, 0.5) is 0 Å². The Morgan fingerprint density at radius 3 is 2.91 bits per heavy atom. The van der Waals surface area contributed by atoms with Crippen molar-refractivity contribution in [2.75, 3.05) is 13.1 Å². The molecule has 7 nitrogen and oxygen atoms in total. The number of likely N-dealkylation sites (tertiary alicyclic amines) is 1. The number of nitrogens with zero attached hydrogens (tertiary/aromatic N) is 4. The van der Waals surface area contributed by atoms with E-state index < -0.39 is 0 Å². The van der Waals surface area contributed by atoms with Crippen LogP contribution in [0.1, 0.15) is 50.7 Å². The largest absolute Gasteiger partial charge is 0.348 e. The molecule has 1 N–H and O–H groups in total. The second-order valence-electron chi connectivity index (χ2n) is 6.39. The van der Waals surface area contributed by atoms with Crippen LogP contribution in [-0.4, -0.2) is 44.6 Å². The molecule has 1 saturated heterocycles. The average molecular weight is 319 g/mol. The molecule has 1 fully saturated rings. The number of amides is 2. The summed E-state index contributed by atoms with van der Waals surface area (Å²) >= 11 is 0. The molecule has 0 radical (unpaired) electrons. The van der Waals surface area contributed by atoms with Crippen molar-refractivity contribution in [1.82, 2.24) is 25.0 Å². The van der Waals surface area contributed by atoms with Crippen LogP contribution in [0.5, 0.6) is 0 Å². The number of fused-ring (bicyclic) bond motifs is 1. The van der Waals surface area contributed by atoms with Gasteiger partial charge in [0.15, 0.2) is 5.82 Å². The van der Waals surface area contributed by atoms with Crippen molar-refractivity contribution in [2.45, 2.75) is 58.5 Å². The van der Waals surface area contributed by atoms with E-state index in [0.717, 1.165) is 56.8 Å². The highest BCUT2D eigenvalue weighted by atomic mass is 16.2. The first-order chi connectivity index (χ1) is 11.2. The third-order valence-corrected chi connectivity index (χ3v) is 4.80. The van der Waals surface area contributed by atoms with E-state index in [9.17, 15) is 9.59 Å². The summed E-state index contributed by atoms with van der Waals surface area (Å²) in [5.41, 5.74) is 0. The smallest absolute Gasteiger partial charge is 0.225 e. The molecule has 0 unspecified atom stereocenters. The summed E-state index contributed by atoms with van der Waals surface area (Å²) in [5, 5.41) is 11.4. The van der Waals surface area contributed by atoms with Gasteiger partial charge in [-0.1, -0.05) is 6.92 Å². The van der Waals surface area contributed by atoms with Gasteiger partial charge in [0.05, 0.1) is 12.5 Å². The normalized spacial score (nSPS) is 20.9. The first-order valence-corrected chi connectivity index (χ1v) is 8.65. The average Bonchev–Trinajstić information content (AvgIpc) is 3.02. The minimum atomic E-state index is -0.108. The number of carbonyl (C=O) groups excluding carboxylic acids is 2. The van der Waals surface area contributed by atoms with Crippen molar-refractivity contribution in [3.63, 3.8) is 0 Å². The summed E-state index contributed by atoms with van der Waals surface area (Å²) in [5.74, 6) is 1.91. The van der Waals surface area contributed by atoms with E-state index in [4.69, 9.17) is 0 Å². The number of nitrogens with one attached hydrogen (secondary N) is 1. The Bertz CT molecular complexity index is 583. The van der Waals surface area contributed by atoms with Gasteiger partial charge in [-0.25, -0.2) is 0 Å². The lowest BCUT2D eigenvalue weighted by Gasteiger charge is -2.31. The van der Waals surface area contributed by atoms with Gasteiger partial charge in [0.25, 0.3) is 0 Å². The number of aryl methyl sites for hydroxylation is 1. The molecule has 23 heavy (non-hydrogen) atoms. The molecule has 7 heteroatoms. The SMILES string of the molecule is CCC(=O)N1CCC[C@H](C(=O)NCc2nnc3n2CCCC3)C1. The number of carbonyl (C=O) groups is 2. The van der Waals surface area contributed by atoms with E-state index in [2.05, 4.69) is 20.1 Å². The Morgan fingerprint density at radius 2 is 2.09 bits per heavy atom. The molecule has 0 aromatic carbocycles. The summed E-state index contributed by atoms with van der Waals surface area (Å²) in [6.07, 6.45) is 5.51. The topological polar surface area (TPSA) is 80.1 Å². The lowest BCUT2D eigenvalue weighted by molar-refractivity contribution is -0.135. The van der Waals surface area contributed by atoms with Gasteiger partial charge in [0, 0.05) is 32.5 Å². The zero-order valence-corrected chi connectivity index (χ0v) is 13.8. The van der Waals surface area contributed by atoms with E-state index in [1.807, 2.05) is 11.8 Å². The first kappa shape index (κ1) is 16.0. The van der Waals surface area contributed by atoms with Gasteiger partial charge in [0.2, 0.25) is 11.8 Å². The second kappa shape index (κ2) is 7.10. The number of aromatic nitrogens is 3. The molecule has 2 aliphatic heterocycles. The van der Waals surface area contributed by atoms with Gasteiger partial charge in [-0.05, 0) is 25.7 Å².